The van der Waals surface area contributed by atoms with Crippen molar-refractivity contribution in [2.75, 3.05) is 39.6 Å². The first-order chi connectivity index (χ1) is 14.6. The molecule has 0 atom stereocenters. The van der Waals surface area contributed by atoms with Gasteiger partial charge in [-0.2, -0.15) is 0 Å². The van der Waals surface area contributed by atoms with Crippen LogP contribution in [0.2, 0.25) is 0 Å². The fourth-order valence-electron chi connectivity index (χ4n) is 3.21. The van der Waals surface area contributed by atoms with Crippen LogP contribution in [0, 0.1) is 0 Å². The van der Waals surface area contributed by atoms with Crippen molar-refractivity contribution < 1.29 is 23.7 Å². The Morgan fingerprint density at radius 2 is 0.903 bits per heavy atom. The van der Waals surface area contributed by atoms with Crippen molar-refractivity contribution in [3.05, 3.63) is 47.5 Å². The molecule has 0 unspecified atom stereocenters. The van der Waals surface area contributed by atoms with E-state index in [1.165, 1.54) is 11.1 Å². The van der Waals surface area contributed by atoms with E-state index < -0.39 is 0 Å². The molecule has 0 saturated heterocycles. The standard InChI is InChI=1S/C26H36O5/c1-25(2,3)19-7-9-21-23(17-19)31-24-18-20(26(4,5)6)8-10-22(24)30-16-14-28-12-11-27-13-15-29-21/h7-10,17-18H,11-16H2,1-6H3. The van der Waals surface area contributed by atoms with Crippen LogP contribution in [0.5, 0.6) is 23.0 Å². The fraction of sp³-hybridized carbons (Fsp3) is 0.538. The molecule has 170 valence electrons. The molecule has 0 fully saturated rings. The summed E-state index contributed by atoms with van der Waals surface area (Å²) in [5.41, 5.74) is 2.32. The average molecular weight is 429 g/mol. The van der Waals surface area contributed by atoms with Crippen molar-refractivity contribution in [2.45, 2.75) is 52.4 Å². The van der Waals surface area contributed by atoms with Crippen LogP contribution in [0.3, 0.4) is 0 Å². The molecular formula is C26H36O5. The minimum absolute atomic E-state index is 0.0115. The van der Waals surface area contributed by atoms with E-state index in [1.54, 1.807) is 0 Å². The molecule has 2 aromatic rings. The summed E-state index contributed by atoms with van der Waals surface area (Å²) in [6.45, 7) is 16.0. The van der Waals surface area contributed by atoms with Gasteiger partial charge >= 0.3 is 0 Å². The van der Waals surface area contributed by atoms with E-state index in [2.05, 4.69) is 65.8 Å². The molecule has 1 aliphatic heterocycles. The van der Waals surface area contributed by atoms with Gasteiger partial charge in [-0.15, -0.1) is 0 Å². The fourth-order valence-corrected chi connectivity index (χ4v) is 3.21. The summed E-state index contributed by atoms with van der Waals surface area (Å²) in [5, 5.41) is 0. The van der Waals surface area contributed by atoms with Crippen molar-refractivity contribution in [1.29, 1.82) is 0 Å². The van der Waals surface area contributed by atoms with E-state index >= 15 is 0 Å². The highest BCUT2D eigenvalue weighted by Crippen LogP contribution is 2.41. The first kappa shape index (κ1) is 23.4. The van der Waals surface area contributed by atoms with Gasteiger partial charge in [0, 0.05) is 0 Å². The molecule has 2 aromatic carbocycles. The van der Waals surface area contributed by atoms with Gasteiger partial charge in [-0.1, -0.05) is 53.7 Å². The summed E-state index contributed by atoms with van der Waals surface area (Å²) in [5.74, 6) is 2.73. The Morgan fingerprint density at radius 3 is 1.29 bits per heavy atom. The van der Waals surface area contributed by atoms with Crippen LogP contribution in [0.4, 0.5) is 0 Å². The summed E-state index contributed by atoms with van der Waals surface area (Å²) in [6, 6.07) is 12.3. The minimum Gasteiger partial charge on any atom is -0.487 e. The van der Waals surface area contributed by atoms with Crippen LogP contribution in [-0.2, 0) is 20.3 Å². The molecule has 1 aliphatic rings. The van der Waals surface area contributed by atoms with E-state index in [-0.39, 0.29) is 10.8 Å². The summed E-state index contributed by atoms with van der Waals surface area (Å²) in [6.07, 6.45) is 0. The molecule has 0 saturated carbocycles. The Balaban J connectivity index is 2.02. The Hall–Kier alpha value is -2.24. The second-order valence-electron chi connectivity index (χ2n) is 9.85. The Kier molecular flexibility index (Phi) is 7.50. The Labute approximate surface area is 186 Å². The van der Waals surface area contributed by atoms with Gasteiger partial charge in [0.05, 0.1) is 26.4 Å². The summed E-state index contributed by atoms with van der Waals surface area (Å²) in [7, 11) is 0. The molecule has 1 heterocycles. The predicted octanol–water partition coefficient (Wildman–Crippen LogP) is 5.88. The normalized spacial score (nSPS) is 16.5. The molecule has 0 bridgehead atoms. The smallest absolute Gasteiger partial charge is 0.169 e. The van der Waals surface area contributed by atoms with Gasteiger partial charge in [0.1, 0.15) is 13.2 Å². The van der Waals surface area contributed by atoms with Crippen molar-refractivity contribution in [2.24, 2.45) is 0 Å². The van der Waals surface area contributed by atoms with Crippen molar-refractivity contribution in [3.8, 4) is 23.0 Å². The maximum atomic E-state index is 6.46. The largest absolute Gasteiger partial charge is 0.487 e. The Morgan fingerprint density at radius 1 is 0.516 bits per heavy atom. The monoisotopic (exact) mass is 428 g/mol. The molecule has 0 spiro atoms. The third-order valence-corrected chi connectivity index (χ3v) is 5.18. The second-order valence-corrected chi connectivity index (χ2v) is 9.85. The number of ether oxygens (including phenoxy) is 5. The van der Waals surface area contributed by atoms with Crippen LogP contribution >= 0.6 is 0 Å². The van der Waals surface area contributed by atoms with E-state index in [0.717, 1.165) is 0 Å². The highest BCUT2D eigenvalue weighted by Gasteiger charge is 2.21. The van der Waals surface area contributed by atoms with Gasteiger partial charge in [0.25, 0.3) is 0 Å². The van der Waals surface area contributed by atoms with Gasteiger partial charge in [0.2, 0.25) is 0 Å². The lowest BCUT2D eigenvalue weighted by molar-refractivity contribution is 0.0275. The maximum Gasteiger partial charge on any atom is 0.169 e. The zero-order valence-electron chi connectivity index (χ0n) is 19.7. The lowest BCUT2D eigenvalue weighted by Gasteiger charge is -2.23. The molecule has 0 aromatic heterocycles. The van der Waals surface area contributed by atoms with E-state index in [4.69, 9.17) is 23.7 Å². The lowest BCUT2D eigenvalue weighted by atomic mass is 9.86. The summed E-state index contributed by atoms with van der Waals surface area (Å²) >= 11 is 0. The third kappa shape index (κ3) is 6.62. The van der Waals surface area contributed by atoms with Crippen LogP contribution in [0.1, 0.15) is 52.7 Å². The maximum absolute atomic E-state index is 6.46. The second kappa shape index (κ2) is 9.92. The Bertz CT molecular complexity index is 790. The van der Waals surface area contributed by atoms with Gasteiger partial charge in [-0.05, 0) is 46.2 Å². The number of hydrogen-bond acceptors (Lipinski definition) is 5. The van der Waals surface area contributed by atoms with E-state index in [1.807, 2.05) is 12.1 Å². The average Bonchev–Trinajstić information content (AvgIpc) is 2.69. The summed E-state index contributed by atoms with van der Waals surface area (Å²) < 4.78 is 29.7. The van der Waals surface area contributed by atoms with Crippen LogP contribution in [-0.4, -0.2) is 39.6 Å². The number of benzene rings is 2. The van der Waals surface area contributed by atoms with Crippen LogP contribution in [0.15, 0.2) is 36.4 Å². The number of hydrogen-bond donors (Lipinski definition) is 0. The summed E-state index contributed by atoms with van der Waals surface area (Å²) in [4.78, 5) is 0. The molecule has 5 heteroatoms. The first-order valence-electron chi connectivity index (χ1n) is 11.0. The van der Waals surface area contributed by atoms with Crippen molar-refractivity contribution in [1.82, 2.24) is 0 Å². The molecule has 0 N–H and O–H groups in total. The lowest BCUT2D eigenvalue weighted by Crippen LogP contribution is -2.13. The topological polar surface area (TPSA) is 46.2 Å². The molecular weight excluding hydrogens is 392 g/mol. The molecule has 31 heavy (non-hydrogen) atoms. The predicted molar refractivity (Wildman–Crippen MR) is 123 cm³/mol. The van der Waals surface area contributed by atoms with Crippen molar-refractivity contribution in [3.63, 3.8) is 0 Å². The molecule has 0 radical (unpaired) electrons. The quantitative estimate of drug-likeness (QED) is 0.524. The van der Waals surface area contributed by atoms with Gasteiger partial charge < -0.3 is 23.7 Å². The van der Waals surface area contributed by atoms with Crippen molar-refractivity contribution >= 4 is 0 Å². The number of fused-ring (bicyclic) bond motifs is 2. The highest BCUT2D eigenvalue weighted by atomic mass is 16.6. The van der Waals surface area contributed by atoms with Gasteiger partial charge in [-0.25, -0.2) is 0 Å². The highest BCUT2D eigenvalue weighted by molar-refractivity contribution is 5.51. The van der Waals surface area contributed by atoms with E-state index in [0.29, 0.717) is 62.6 Å². The molecule has 5 nitrogen and oxygen atoms in total. The van der Waals surface area contributed by atoms with Crippen LogP contribution in [0.25, 0.3) is 0 Å². The van der Waals surface area contributed by atoms with Crippen LogP contribution < -0.4 is 14.2 Å². The third-order valence-electron chi connectivity index (χ3n) is 5.18. The molecule has 0 aliphatic carbocycles. The van der Waals surface area contributed by atoms with Gasteiger partial charge in [0.15, 0.2) is 23.0 Å². The molecule has 3 rings (SSSR count). The van der Waals surface area contributed by atoms with E-state index in [9.17, 15) is 0 Å². The first-order valence-corrected chi connectivity index (χ1v) is 11.0. The zero-order valence-corrected chi connectivity index (χ0v) is 19.7. The molecule has 0 amide bonds. The zero-order chi connectivity index (χ0) is 22.5. The SMILES string of the molecule is CC(C)(C)c1ccc2c(c1)Oc1cc(C(C)(C)C)ccc1OCCOCCOCCO2. The minimum atomic E-state index is -0.0115. The number of rotatable bonds is 0. The van der Waals surface area contributed by atoms with Gasteiger partial charge in [-0.3, -0.25) is 0 Å².